The minimum atomic E-state index is -0.0294. The Bertz CT molecular complexity index is 645. The lowest BCUT2D eigenvalue weighted by atomic mass is 10.1. The minimum Gasteiger partial charge on any atom is -0.397 e. The lowest BCUT2D eigenvalue weighted by molar-refractivity contribution is 0.0953. The zero-order valence-electron chi connectivity index (χ0n) is 11.4. The maximum atomic E-state index is 12.3. The van der Waals surface area contributed by atoms with E-state index in [2.05, 4.69) is 11.4 Å². The fourth-order valence-electron chi connectivity index (χ4n) is 2.45. The number of aryl methyl sites for hydroxylation is 1. The molecule has 0 saturated carbocycles. The van der Waals surface area contributed by atoms with Crippen molar-refractivity contribution >= 4 is 44.8 Å². The highest BCUT2D eigenvalue weighted by Gasteiger charge is 2.19. The molecule has 1 fully saturated rings. The van der Waals surface area contributed by atoms with Crippen molar-refractivity contribution < 1.29 is 4.79 Å². The van der Waals surface area contributed by atoms with E-state index in [4.69, 9.17) is 5.73 Å². The number of nitrogens with one attached hydrogen (secondary N) is 1. The lowest BCUT2D eigenvalue weighted by Crippen LogP contribution is -2.29. The number of rotatable bonds is 3. The molecule has 1 aromatic heterocycles. The molecule has 20 heavy (non-hydrogen) atoms. The first kappa shape index (κ1) is 13.8. The first-order valence-corrected chi connectivity index (χ1v) is 8.77. The normalized spacial score (nSPS) is 18.6. The molecule has 1 unspecified atom stereocenters. The van der Waals surface area contributed by atoms with Gasteiger partial charge in [-0.2, -0.15) is 11.8 Å². The van der Waals surface area contributed by atoms with Crippen molar-refractivity contribution in [1.29, 1.82) is 0 Å². The van der Waals surface area contributed by atoms with Gasteiger partial charge in [0, 0.05) is 16.6 Å². The van der Waals surface area contributed by atoms with E-state index in [1.807, 2.05) is 30.8 Å². The van der Waals surface area contributed by atoms with Crippen molar-refractivity contribution in [1.82, 2.24) is 5.32 Å². The summed E-state index contributed by atoms with van der Waals surface area (Å²) in [6.07, 6.45) is 1.20. The van der Waals surface area contributed by atoms with Gasteiger partial charge in [-0.05, 0) is 42.4 Å². The predicted molar refractivity (Wildman–Crippen MR) is 88.7 cm³/mol. The number of benzene rings is 1. The summed E-state index contributed by atoms with van der Waals surface area (Å²) >= 11 is 3.45. The van der Waals surface area contributed by atoms with E-state index in [1.165, 1.54) is 29.1 Å². The van der Waals surface area contributed by atoms with E-state index >= 15 is 0 Å². The molecule has 0 spiro atoms. The van der Waals surface area contributed by atoms with Crippen LogP contribution in [0.4, 0.5) is 5.69 Å². The Labute approximate surface area is 126 Å². The van der Waals surface area contributed by atoms with Gasteiger partial charge in [-0.3, -0.25) is 4.79 Å². The largest absolute Gasteiger partial charge is 0.397 e. The number of amides is 1. The molecule has 3 N–H and O–H groups in total. The van der Waals surface area contributed by atoms with Gasteiger partial charge in [-0.25, -0.2) is 0 Å². The fraction of sp³-hybridized carbons (Fsp3) is 0.400. The second-order valence-electron chi connectivity index (χ2n) is 5.28. The van der Waals surface area contributed by atoms with Crippen LogP contribution >= 0.6 is 23.1 Å². The van der Waals surface area contributed by atoms with Crippen LogP contribution in [-0.2, 0) is 0 Å². The number of thiophene rings is 1. The van der Waals surface area contributed by atoms with E-state index in [-0.39, 0.29) is 5.91 Å². The quantitative estimate of drug-likeness (QED) is 0.915. The second-order valence-corrected chi connectivity index (χ2v) is 7.49. The van der Waals surface area contributed by atoms with Crippen molar-refractivity contribution in [2.75, 3.05) is 23.8 Å². The zero-order valence-corrected chi connectivity index (χ0v) is 13.1. The molecule has 3 nitrogen and oxygen atoms in total. The van der Waals surface area contributed by atoms with Gasteiger partial charge in [-0.1, -0.05) is 12.1 Å². The molecule has 106 valence electrons. The summed E-state index contributed by atoms with van der Waals surface area (Å²) in [7, 11) is 0. The third-order valence-corrected chi connectivity index (χ3v) is 6.06. The number of carbonyl (C=O) groups is 1. The summed E-state index contributed by atoms with van der Waals surface area (Å²) in [6, 6.07) is 6.12. The number of nitrogen functional groups attached to an aromatic ring is 1. The van der Waals surface area contributed by atoms with Crippen LogP contribution in [0.2, 0.25) is 0 Å². The molecule has 1 saturated heterocycles. The number of anilines is 1. The van der Waals surface area contributed by atoms with Crippen molar-refractivity contribution in [3.05, 3.63) is 28.6 Å². The third-order valence-electron chi connectivity index (χ3n) is 3.67. The van der Waals surface area contributed by atoms with Crippen LogP contribution in [0.1, 0.15) is 21.7 Å². The average molecular weight is 306 g/mol. The zero-order chi connectivity index (χ0) is 14.1. The Morgan fingerprint density at radius 3 is 3.10 bits per heavy atom. The minimum absolute atomic E-state index is 0.0294. The Hall–Kier alpha value is -1.20. The monoisotopic (exact) mass is 306 g/mol. The van der Waals surface area contributed by atoms with E-state index < -0.39 is 0 Å². The first-order valence-electron chi connectivity index (χ1n) is 6.79. The van der Waals surface area contributed by atoms with E-state index in [9.17, 15) is 4.79 Å². The molecular weight excluding hydrogens is 288 g/mol. The Kier molecular flexibility index (Phi) is 3.89. The molecule has 0 bridgehead atoms. The molecule has 0 radical (unpaired) electrons. The lowest BCUT2D eigenvalue weighted by Gasteiger charge is -2.09. The summed E-state index contributed by atoms with van der Waals surface area (Å²) in [5.74, 6) is 2.95. The van der Waals surface area contributed by atoms with Gasteiger partial charge in [0.15, 0.2) is 0 Å². The van der Waals surface area contributed by atoms with Crippen LogP contribution in [0.25, 0.3) is 10.1 Å². The van der Waals surface area contributed by atoms with E-state index in [0.717, 1.165) is 22.4 Å². The summed E-state index contributed by atoms with van der Waals surface area (Å²) in [4.78, 5) is 12.9. The molecule has 1 aliphatic heterocycles. The molecular formula is C15H18N2OS2. The predicted octanol–water partition coefficient (Wildman–Crippen LogP) is 3.27. The summed E-state index contributed by atoms with van der Waals surface area (Å²) < 4.78 is 1.09. The number of hydrogen-bond donors (Lipinski definition) is 2. The molecule has 1 amide bonds. The highest BCUT2D eigenvalue weighted by atomic mass is 32.2. The Morgan fingerprint density at radius 1 is 1.50 bits per heavy atom. The topological polar surface area (TPSA) is 55.1 Å². The smallest absolute Gasteiger partial charge is 0.263 e. The van der Waals surface area contributed by atoms with Crippen LogP contribution in [0.5, 0.6) is 0 Å². The number of hydrogen-bond acceptors (Lipinski definition) is 4. The van der Waals surface area contributed by atoms with Gasteiger partial charge in [0.1, 0.15) is 4.88 Å². The standard InChI is InChI=1S/C15H18N2OS2/c1-9-2-3-11-12(6-9)20-14(13(11)16)15(18)17-7-10-4-5-19-8-10/h2-3,6,10H,4-5,7-8,16H2,1H3,(H,17,18). The van der Waals surface area contributed by atoms with Gasteiger partial charge in [0.2, 0.25) is 0 Å². The van der Waals surface area contributed by atoms with Gasteiger partial charge < -0.3 is 11.1 Å². The molecule has 1 aliphatic rings. The highest BCUT2D eigenvalue weighted by molar-refractivity contribution is 7.99. The Balaban J connectivity index is 1.78. The van der Waals surface area contributed by atoms with Crippen molar-refractivity contribution in [3.8, 4) is 0 Å². The van der Waals surface area contributed by atoms with E-state index in [1.54, 1.807) is 0 Å². The number of carbonyl (C=O) groups excluding carboxylic acids is 1. The summed E-state index contributed by atoms with van der Waals surface area (Å²) in [6.45, 7) is 2.81. The number of thioether (sulfide) groups is 1. The van der Waals surface area contributed by atoms with Crippen molar-refractivity contribution in [2.24, 2.45) is 5.92 Å². The SMILES string of the molecule is Cc1ccc2c(N)c(C(=O)NCC3CCSC3)sc2c1. The van der Waals surface area contributed by atoms with Crippen LogP contribution in [0.3, 0.4) is 0 Å². The molecule has 5 heteroatoms. The van der Waals surface area contributed by atoms with E-state index in [0.29, 0.717) is 16.5 Å². The van der Waals surface area contributed by atoms with Gasteiger partial charge in [0.05, 0.1) is 5.69 Å². The Morgan fingerprint density at radius 2 is 2.35 bits per heavy atom. The molecule has 3 rings (SSSR count). The van der Waals surface area contributed by atoms with Crippen LogP contribution in [0.15, 0.2) is 18.2 Å². The van der Waals surface area contributed by atoms with Crippen LogP contribution in [0, 0.1) is 12.8 Å². The molecule has 2 heterocycles. The second kappa shape index (κ2) is 5.66. The molecule has 1 aromatic carbocycles. The van der Waals surface area contributed by atoms with Crippen molar-refractivity contribution in [2.45, 2.75) is 13.3 Å². The summed E-state index contributed by atoms with van der Waals surface area (Å²) in [5, 5.41) is 4.02. The van der Waals surface area contributed by atoms with Crippen LogP contribution in [-0.4, -0.2) is 24.0 Å². The summed E-state index contributed by atoms with van der Waals surface area (Å²) in [5.41, 5.74) is 7.92. The third kappa shape index (κ3) is 2.65. The average Bonchev–Trinajstić information content (AvgIpc) is 3.04. The van der Waals surface area contributed by atoms with Gasteiger partial charge in [0.25, 0.3) is 5.91 Å². The van der Waals surface area contributed by atoms with Crippen molar-refractivity contribution in [3.63, 3.8) is 0 Å². The van der Waals surface area contributed by atoms with Crippen LogP contribution < -0.4 is 11.1 Å². The maximum Gasteiger partial charge on any atom is 0.263 e. The number of nitrogens with two attached hydrogens (primary N) is 1. The first-order chi connectivity index (χ1) is 9.65. The number of fused-ring (bicyclic) bond motifs is 1. The van der Waals surface area contributed by atoms with Gasteiger partial charge >= 0.3 is 0 Å². The van der Waals surface area contributed by atoms with Gasteiger partial charge in [-0.15, -0.1) is 11.3 Å². The molecule has 2 aromatic rings. The molecule has 1 atom stereocenters. The fourth-order valence-corrected chi connectivity index (χ4v) is 4.88. The maximum absolute atomic E-state index is 12.3. The molecule has 0 aliphatic carbocycles. The highest BCUT2D eigenvalue weighted by Crippen LogP contribution is 2.34.